The first kappa shape index (κ1) is 25.0. The Bertz CT molecular complexity index is 1810. The van der Waals surface area contributed by atoms with E-state index in [1.54, 1.807) is 14.2 Å². The molecule has 0 spiro atoms. The van der Waals surface area contributed by atoms with Gasteiger partial charge in [0.05, 0.1) is 30.5 Å². The molecule has 7 rings (SSSR count). The number of anilines is 1. The van der Waals surface area contributed by atoms with Gasteiger partial charge in [-0.1, -0.05) is 41.7 Å². The normalized spacial score (nSPS) is 18.6. The molecule has 3 aliphatic rings. The molecule has 204 valence electrons. The number of aryl methyl sites for hydroxylation is 1. The van der Waals surface area contributed by atoms with E-state index in [9.17, 15) is 4.79 Å². The molecule has 0 N–H and O–H groups in total. The van der Waals surface area contributed by atoms with Gasteiger partial charge in [0.15, 0.2) is 22.2 Å². The van der Waals surface area contributed by atoms with E-state index in [2.05, 4.69) is 29.2 Å². The summed E-state index contributed by atoms with van der Waals surface area (Å²) in [6.45, 7) is 2.01. The number of allylic oxidation sites excluding steroid dienone is 1. The Hall–Kier alpha value is -4.04. The maximum atomic E-state index is 14.1. The number of furan rings is 1. The minimum Gasteiger partial charge on any atom is -0.493 e. The van der Waals surface area contributed by atoms with Gasteiger partial charge in [0.1, 0.15) is 5.76 Å². The number of rotatable bonds is 5. The highest BCUT2D eigenvalue weighted by Gasteiger charge is 2.33. The summed E-state index contributed by atoms with van der Waals surface area (Å²) in [6, 6.07) is 18.0. The van der Waals surface area contributed by atoms with Crippen LogP contribution in [0.2, 0.25) is 0 Å². The quantitative estimate of drug-likeness (QED) is 0.351. The lowest BCUT2D eigenvalue weighted by atomic mass is 9.83. The summed E-state index contributed by atoms with van der Waals surface area (Å²) in [7, 11) is 3.26. The predicted molar refractivity (Wildman–Crippen MR) is 157 cm³/mol. The van der Waals surface area contributed by atoms with Crippen molar-refractivity contribution in [3.05, 3.63) is 102 Å². The van der Waals surface area contributed by atoms with Crippen LogP contribution in [0.5, 0.6) is 11.5 Å². The van der Waals surface area contributed by atoms with Crippen molar-refractivity contribution < 1.29 is 13.9 Å². The Labute approximate surface area is 236 Å². The number of ether oxygens (including phenoxy) is 2. The van der Waals surface area contributed by atoms with E-state index in [-0.39, 0.29) is 11.6 Å². The molecule has 40 heavy (non-hydrogen) atoms. The van der Waals surface area contributed by atoms with Crippen molar-refractivity contribution in [1.82, 2.24) is 4.57 Å². The van der Waals surface area contributed by atoms with E-state index in [1.165, 1.54) is 36.2 Å². The SMILES string of the molecule is COc1ccc([C@@H]2C3=C(N=c4s/c(=C/c5ccc(N6CCCCC6)o5)c(=O)n42)c2ccccc2CC3)cc1OC. The minimum absolute atomic E-state index is 0.0649. The smallest absolute Gasteiger partial charge is 0.271 e. The molecule has 1 atom stereocenters. The second-order valence-electron chi connectivity index (χ2n) is 10.5. The number of benzene rings is 2. The van der Waals surface area contributed by atoms with Crippen molar-refractivity contribution >= 4 is 29.0 Å². The summed E-state index contributed by atoms with van der Waals surface area (Å²) >= 11 is 1.41. The van der Waals surface area contributed by atoms with Gasteiger partial charge >= 0.3 is 0 Å². The molecule has 0 bridgehead atoms. The first-order valence-electron chi connectivity index (χ1n) is 13.8. The third-order valence-corrected chi connectivity index (χ3v) is 9.13. The topological polar surface area (TPSA) is 69.2 Å². The molecule has 0 unspecified atom stereocenters. The Kier molecular flexibility index (Phi) is 6.35. The van der Waals surface area contributed by atoms with E-state index in [0.29, 0.717) is 26.6 Å². The maximum absolute atomic E-state index is 14.1. The summed E-state index contributed by atoms with van der Waals surface area (Å²) in [4.78, 5) is 22.1. The molecule has 0 radical (unpaired) electrons. The number of nitrogens with zero attached hydrogens (tertiary/aromatic N) is 3. The molecule has 7 nitrogen and oxygen atoms in total. The Morgan fingerprint density at radius 3 is 2.62 bits per heavy atom. The van der Waals surface area contributed by atoms with Gasteiger partial charge in [-0.15, -0.1) is 0 Å². The molecular weight excluding hydrogens is 522 g/mol. The summed E-state index contributed by atoms with van der Waals surface area (Å²) in [5.74, 6) is 2.85. The number of fused-ring (bicyclic) bond motifs is 3. The lowest BCUT2D eigenvalue weighted by Gasteiger charge is -2.31. The number of hydrogen-bond acceptors (Lipinski definition) is 7. The Balaban J connectivity index is 1.39. The number of methoxy groups -OCH3 is 2. The van der Waals surface area contributed by atoms with Crippen LogP contribution in [0.1, 0.15) is 54.2 Å². The van der Waals surface area contributed by atoms with Crippen molar-refractivity contribution in [3.8, 4) is 11.5 Å². The van der Waals surface area contributed by atoms with Crippen molar-refractivity contribution in [1.29, 1.82) is 0 Å². The van der Waals surface area contributed by atoms with Gasteiger partial charge in [0, 0.05) is 30.8 Å². The first-order chi connectivity index (χ1) is 19.6. The van der Waals surface area contributed by atoms with E-state index in [4.69, 9.17) is 18.9 Å². The molecule has 1 fully saturated rings. The van der Waals surface area contributed by atoms with Gasteiger partial charge in [0.25, 0.3) is 5.56 Å². The van der Waals surface area contributed by atoms with Gasteiger partial charge in [-0.3, -0.25) is 9.36 Å². The highest BCUT2D eigenvalue weighted by molar-refractivity contribution is 7.07. The maximum Gasteiger partial charge on any atom is 0.271 e. The van der Waals surface area contributed by atoms with E-state index in [1.807, 2.05) is 41.0 Å². The number of aromatic nitrogens is 1. The fourth-order valence-electron chi connectivity index (χ4n) is 6.18. The lowest BCUT2D eigenvalue weighted by molar-refractivity contribution is 0.354. The molecule has 1 aliphatic carbocycles. The minimum atomic E-state index is -0.290. The van der Waals surface area contributed by atoms with Crippen LogP contribution in [0.15, 0.2) is 74.4 Å². The van der Waals surface area contributed by atoms with Crippen molar-refractivity contribution in [2.24, 2.45) is 4.99 Å². The zero-order valence-electron chi connectivity index (χ0n) is 22.7. The summed E-state index contributed by atoms with van der Waals surface area (Å²) in [5, 5.41) is 0. The fourth-order valence-corrected chi connectivity index (χ4v) is 7.16. The predicted octanol–water partition coefficient (Wildman–Crippen LogP) is 4.92. The van der Waals surface area contributed by atoms with E-state index in [0.717, 1.165) is 54.2 Å². The van der Waals surface area contributed by atoms with Crippen LogP contribution in [0.25, 0.3) is 11.8 Å². The molecule has 2 aromatic heterocycles. The number of piperidine rings is 1. The largest absolute Gasteiger partial charge is 0.493 e. The summed E-state index contributed by atoms with van der Waals surface area (Å²) in [6.07, 6.45) is 7.22. The molecule has 2 aromatic carbocycles. The standard InChI is InChI=1S/C32H31N3O4S/c1-37-25-14-11-21(18-26(25)38-2)30-24-13-10-20-8-4-5-9-23(20)29(24)33-32-35(30)31(36)27(40-32)19-22-12-15-28(39-22)34-16-6-3-7-17-34/h4-5,8-9,11-12,14-15,18-19,30H,3,6-7,10,13,16-17H2,1-2H3/b27-19+/t30-/m1/s1. The van der Waals surface area contributed by atoms with Gasteiger partial charge in [-0.2, -0.15) is 0 Å². The molecule has 0 saturated carbocycles. The van der Waals surface area contributed by atoms with Gasteiger partial charge in [-0.25, -0.2) is 4.99 Å². The highest BCUT2D eigenvalue weighted by atomic mass is 32.1. The average Bonchev–Trinajstić information content (AvgIpc) is 3.60. The molecule has 1 saturated heterocycles. The zero-order chi connectivity index (χ0) is 27.2. The second-order valence-corrected chi connectivity index (χ2v) is 11.5. The molecule has 4 heterocycles. The molecule has 4 aromatic rings. The van der Waals surface area contributed by atoms with Crippen LogP contribution in [-0.4, -0.2) is 31.9 Å². The molecular formula is C32H31N3O4S. The third kappa shape index (κ3) is 4.18. The Morgan fingerprint density at radius 2 is 1.80 bits per heavy atom. The van der Waals surface area contributed by atoms with Crippen molar-refractivity contribution in [2.45, 2.75) is 38.1 Å². The fraction of sp³-hybridized carbons (Fsp3) is 0.312. The zero-order valence-corrected chi connectivity index (χ0v) is 23.5. The van der Waals surface area contributed by atoms with Gasteiger partial charge < -0.3 is 18.8 Å². The van der Waals surface area contributed by atoms with Crippen molar-refractivity contribution in [2.75, 3.05) is 32.2 Å². The van der Waals surface area contributed by atoms with Crippen molar-refractivity contribution in [3.63, 3.8) is 0 Å². The van der Waals surface area contributed by atoms with Crippen LogP contribution in [-0.2, 0) is 6.42 Å². The molecule has 8 heteroatoms. The monoisotopic (exact) mass is 553 g/mol. The van der Waals surface area contributed by atoms with Crippen LogP contribution < -0.4 is 29.3 Å². The third-order valence-electron chi connectivity index (χ3n) is 8.15. The van der Waals surface area contributed by atoms with E-state index >= 15 is 0 Å². The molecule has 2 aliphatic heterocycles. The van der Waals surface area contributed by atoms with Gasteiger partial charge in [0.2, 0.25) is 0 Å². The summed E-state index contributed by atoms with van der Waals surface area (Å²) in [5.41, 5.74) is 5.46. The molecule has 0 amide bonds. The highest BCUT2D eigenvalue weighted by Crippen LogP contribution is 2.42. The Morgan fingerprint density at radius 1 is 0.975 bits per heavy atom. The van der Waals surface area contributed by atoms with Crippen LogP contribution in [0.3, 0.4) is 0 Å². The van der Waals surface area contributed by atoms with E-state index < -0.39 is 0 Å². The second kappa shape index (κ2) is 10.2. The van der Waals surface area contributed by atoms with Crippen LogP contribution in [0.4, 0.5) is 5.88 Å². The first-order valence-corrected chi connectivity index (χ1v) is 14.7. The average molecular weight is 554 g/mol. The lowest BCUT2D eigenvalue weighted by Crippen LogP contribution is -2.38. The van der Waals surface area contributed by atoms with Crippen LogP contribution >= 0.6 is 11.3 Å². The van der Waals surface area contributed by atoms with Gasteiger partial charge in [-0.05, 0) is 67.0 Å². The number of thiazole rings is 1. The summed E-state index contributed by atoms with van der Waals surface area (Å²) < 4.78 is 19.8. The van der Waals surface area contributed by atoms with Crippen LogP contribution in [0, 0.1) is 0 Å². The number of hydrogen-bond donors (Lipinski definition) is 0.